The molecule has 2 aromatic rings. The van der Waals surface area contributed by atoms with Crippen LogP contribution in [0.15, 0.2) is 36.4 Å². The maximum atomic E-state index is 10.8. The Bertz CT molecular complexity index is 763. The van der Waals surface area contributed by atoms with E-state index in [2.05, 4.69) is 28.5 Å². The predicted molar refractivity (Wildman–Crippen MR) is 97.0 cm³/mol. The molecule has 6 heteroatoms. The number of hydrogen-bond acceptors (Lipinski definition) is 4. The highest BCUT2D eigenvalue weighted by Crippen LogP contribution is 2.34. The van der Waals surface area contributed by atoms with Gasteiger partial charge in [-0.25, -0.2) is 4.79 Å². The molecule has 0 saturated carbocycles. The van der Waals surface area contributed by atoms with Crippen molar-refractivity contribution < 1.29 is 14.6 Å². The fourth-order valence-electron chi connectivity index (χ4n) is 3.37. The molecule has 0 fully saturated rings. The van der Waals surface area contributed by atoms with Gasteiger partial charge in [0.15, 0.2) is 0 Å². The second-order valence-electron chi connectivity index (χ2n) is 6.26. The Morgan fingerprint density at radius 1 is 1.40 bits per heavy atom. The first-order chi connectivity index (χ1) is 12.1. The van der Waals surface area contributed by atoms with Crippen LogP contribution in [0, 0.1) is 0 Å². The summed E-state index contributed by atoms with van der Waals surface area (Å²) >= 11 is 0. The third-order valence-corrected chi connectivity index (χ3v) is 4.71. The van der Waals surface area contributed by atoms with Crippen LogP contribution >= 0.6 is 0 Å². The first kappa shape index (κ1) is 17.1. The van der Waals surface area contributed by atoms with E-state index in [4.69, 9.17) is 9.84 Å². The number of carbonyl (C=O) groups is 1. The molecule has 1 aliphatic carbocycles. The number of ether oxygens (including phenoxy) is 1. The SMILES string of the molecule is COc1cccc(N(C)c2ccc3c(c2)CCC[C@H]3CNC(=O)O)n1. The zero-order chi connectivity index (χ0) is 17.8. The van der Waals surface area contributed by atoms with Crippen LogP contribution in [0.2, 0.25) is 0 Å². The molecular formula is C19H23N3O3. The van der Waals surface area contributed by atoms with Crippen LogP contribution in [0.3, 0.4) is 0 Å². The lowest BCUT2D eigenvalue weighted by Gasteiger charge is -2.27. The molecule has 1 aromatic carbocycles. The third-order valence-electron chi connectivity index (χ3n) is 4.71. The van der Waals surface area contributed by atoms with Gasteiger partial charge in [0.2, 0.25) is 5.88 Å². The molecule has 0 unspecified atom stereocenters. The number of amides is 1. The van der Waals surface area contributed by atoms with Gasteiger partial charge in [0.1, 0.15) is 5.82 Å². The van der Waals surface area contributed by atoms with Gasteiger partial charge in [0.25, 0.3) is 0 Å². The van der Waals surface area contributed by atoms with Crippen LogP contribution < -0.4 is 15.0 Å². The minimum Gasteiger partial charge on any atom is -0.481 e. The van der Waals surface area contributed by atoms with Gasteiger partial charge >= 0.3 is 6.09 Å². The van der Waals surface area contributed by atoms with Crippen molar-refractivity contribution in [2.45, 2.75) is 25.2 Å². The Morgan fingerprint density at radius 2 is 2.24 bits per heavy atom. The smallest absolute Gasteiger partial charge is 0.404 e. The van der Waals surface area contributed by atoms with Crippen molar-refractivity contribution in [3.05, 3.63) is 47.5 Å². The van der Waals surface area contributed by atoms with E-state index in [-0.39, 0.29) is 5.92 Å². The summed E-state index contributed by atoms with van der Waals surface area (Å²) in [7, 11) is 3.59. The van der Waals surface area contributed by atoms with Gasteiger partial charge in [-0.05, 0) is 48.6 Å². The molecule has 6 nitrogen and oxygen atoms in total. The Morgan fingerprint density at radius 3 is 3.00 bits per heavy atom. The number of aromatic nitrogens is 1. The van der Waals surface area contributed by atoms with E-state index in [0.717, 1.165) is 30.8 Å². The quantitative estimate of drug-likeness (QED) is 0.870. The lowest BCUT2D eigenvalue weighted by atomic mass is 9.82. The van der Waals surface area contributed by atoms with Gasteiger partial charge < -0.3 is 20.1 Å². The van der Waals surface area contributed by atoms with Crippen molar-refractivity contribution in [2.24, 2.45) is 0 Å². The molecule has 2 N–H and O–H groups in total. The fourth-order valence-corrected chi connectivity index (χ4v) is 3.37. The second kappa shape index (κ2) is 7.42. The fraction of sp³-hybridized carbons (Fsp3) is 0.368. The van der Waals surface area contributed by atoms with Crippen LogP contribution in [0.25, 0.3) is 0 Å². The average Bonchev–Trinajstić information content (AvgIpc) is 2.65. The third kappa shape index (κ3) is 3.84. The highest BCUT2D eigenvalue weighted by Gasteiger charge is 2.21. The first-order valence-corrected chi connectivity index (χ1v) is 8.43. The van der Waals surface area contributed by atoms with Crippen molar-refractivity contribution in [1.82, 2.24) is 10.3 Å². The van der Waals surface area contributed by atoms with E-state index >= 15 is 0 Å². The van der Waals surface area contributed by atoms with Crippen molar-refractivity contribution >= 4 is 17.6 Å². The van der Waals surface area contributed by atoms with Gasteiger partial charge in [-0.2, -0.15) is 4.98 Å². The average molecular weight is 341 g/mol. The standard InChI is InChI=1S/C19H23N3O3/c1-22(17-7-4-8-18(21-17)25-2)15-9-10-16-13(11-15)5-3-6-14(16)12-20-19(23)24/h4,7-11,14,20H,3,5-6,12H2,1-2H3,(H,23,24)/t14-/m0/s1. The number of anilines is 2. The Balaban J connectivity index is 1.83. The molecule has 0 radical (unpaired) electrons. The van der Waals surface area contributed by atoms with Gasteiger partial charge in [-0.3, -0.25) is 0 Å². The van der Waals surface area contributed by atoms with E-state index in [0.29, 0.717) is 12.4 Å². The number of nitrogens with zero attached hydrogens (tertiary/aromatic N) is 2. The molecule has 1 aromatic heterocycles. The Kier molecular flexibility index (Phi) is 5.07. The predicted octanol–water partition coefficient (Wildman–Crippen LogP) is 3.55. The second-order valence-corrected chi connectivity index (χ2v) is 6.26. The summed E-state index contributed by atoms with van der Waals surface area (Å²) in [5, 5.41) is 11.4. The number of hydrogen-bond donors (Lipinski definition) is 2. The molecule has 1 aliphatic rings. The Labute approximate surface area is 147 Å². The van der Waals surface area contributed by atoms with Crippen LogP contribution in [0.5, 0.6) is 5.88 Å². The number of methoxy groups -OCH3 is 1. The zero-order valence-electron chi connectivity index (χ0n) is 14.5. The highest BCUT2D eigenvalue weighted by atomic mass is 16.5. The van der Waals surface area contributed by atoms with Gasteiger partial charge in [0, 0.05) is 31.3 Å². The largest absolute Gasteiger partial charge is 0.481 e. The number of rotatable bonds is 5. The van der Waals surface area contributed by atoms with E-state index < -0.39 is 6.09 Å². The lowest BCUT2D eigenvalue weighted by molar-refractivity contribution is 0.193. The maximum Gasteiger partial charge on any atom is 0.404 e. The topological polar surface area (TPSA) is 74.7 Å². The van der Waals surface area contributed by atoms with Crippen molar-refractivity contribution in [1.29, 1.82) is 0 Å². The Hall–Kier alpha value is -2.76. The molecule has 0 saturated heterocycles. The van der Waals surface area contributed by atoms with E-state index in [1.54, 1.807) is 7.11 Å². The number of nitrogens with one attached hydrogen (secondary N) is 1. The van der Waals surface area contributed by atoms with Crippen LogP contribution in [-0.2, 0) is 6.42 Å². The molecule has 132 valence electrons. The minimum absolute atomic E-state index is 0.245. The molecule has 0 bridgehead atoms. The van der Waals surface area contributed by atoms with Crippen molar-refractivity contribution in [3.63, 3.8) is 0 Å². The van der Waals surface area contributed by atoms with E-state index in [1.165, 1.54) is 11.1 Å². The lowest BCUT2D eigenvalue weighted by Crippen LogP contribution is -2.28. The van der Waals surface area contributed by atoms with Gasteiger partial charge in [-0.15, -0.1) is 0 Å². The molecule has 1 atom stereocenters. The molecule has 0 spiro atoms. The summed E-state index contributed by atoms with van der Waals surface area (Å²) in [4.78, 5) is 17.3. The molecular weight excluding hydrogens is 318 g/mol. The minimum atomic E-state index is -0.965. The first-order valence-electron chi connectivity index (χ1n) is 8.43. The summed E-state index contributed by atoms with van der Waals surface area (Å²) < 4.78 is 5.20. The zero-order valence-corrected chi connectivity index (χ0v) is 14.5. The maximum absolute atomic E-state index is 10.8. The summed E-state index contributed by atoms with van der Waals surface area (Å²) in [6, 6.07) is 12.1. The number of aryl methyl sites for hydroxylation is 1. The molecule has 1 heterocycles. The highest BCUT2D eigenvalue weighted by molar-refractivity contribution is 5.65. The van der Waals surface area contributed by atoms with Crippen LogP contribution in [0.4, 0.5) is 16.3 Å². The van der Waals surface area contributed by atoms with Gasteiger partial charge in [0.05, 0.1) is 7.11 Å². The molecule has 25 heavy (non-hydrogen) atoms. The monoisotopic (exact) mass is 341 g/mol. The number of pyridine rings is 1. The number of carboxylic acid groups (broad SMARTS) is 1. The molecule has 0 aliphatic heterocycles. The van der Waals surface area contributed by atoms with Gasteiger partial charge in [-0.1, -0.05) is 12.1 Å². The van der Waals surface area contributed by atoms with E-state index in [9.17, 15) is 4.79 Å². The van der Waals surface area contributed by atoms with E-state index in [1.807, 2.05) is 30.1 Å². The summed E-state index contributed by atoms with van der Waals surface area (Å²) in [6.07, 6.45) is 2.14. The van der Waals surface area contributed by atoms with Crippen LogP contribution in [-0.4, -0.2) is 36.9 Å². The summed E-state index contributed by atoms with van der Waals surface area (Å²) in [6.45, 7) is 0.467. The van der Waals surface area contributed by atoms with Crippen molar-refractivity contribution in [3.8, 4) is 5.88 Å². The summed E-state index contributed by atoms with van der Waals surface area (Å²) in [5.74, 6) is 1.65. The number of benzene rings is 1. The molecule has 3 rings (SSSR count). The van der Waals surface area contributed by atoms with Crippen LogP contribution in [0.1, 0.15) is 29.9 Å². The molecule has 1 amide bonds. The summed E-state index contributed by atoms with van der Waals surface area (Å²) in [5.41, 5.74) is 3.60. The normalized spacial score (nSPS) is 16.0. The number of fused-ring (bicyclic) bond motifs is 1. The van der Waals surface area contributed by atoms with Crippen molar-refractivity contribution in [2.75, 3.05) is 25.6 Å².